The first-order valence-electron chi connectivity index (χ1n) is 4.32. The molecule has 0 aliphatic carbocycles. The molecule has 1 heterocycles. The normalized spacial score (nSPS) is 10.7. The summed E-state index contributed by atoms with van der Waals surface area (Å²) in [5.41, 5.74) is 1.93. The van der Waals surface area contributed by atoms with E-state index in [0.717, 1.165) is 22.3 Å². The van der Waals surface area contributed by atoms with E-state index in [9.17, 15) is 4.79 Å². The fourth-order valence-corrected chi connectivity index (χ4v) is 1.58. The third-order valence-electron chi connectivity index (χ3n) is 2.17. The fourth-order valence-electron chi connectivity index (χ4n) is 1.58. The molecule has 14 heavy (non-hydrogen) atoms. The average Bonchev–Trinajstić information content (AvgIpc) is 2.45. The van der Waals surface area contributed by atoms with Crippen LogP contribution in [0, 0.1) is 13.8 Å². The van der Waals surface area contributed by atoms with Gasteiger partial charge in [0.25, 0.3) is 0 Å². The minimum absolute atomic E-state index is 0.302. The molecular weight excluding hydrogens is 180 g/mol. The van der Waals surface area contributed by atoms with Gasteiger partial charge in [-0.2, -0.15) is 0 Å². The molecule has 0 spiro atoms. The summed E-state index contributed by atoms with van der Waals surface area (Å²) in [7, 11) is 0. The Hall–Kier alpha value is -1.77. The van der Waals surface area contributed by atoms with Crippen molar-refractivity contribution in [3.8, 4) is 0 Å². The van der Waals surface area contributed by atoms with Crippen LogP contribution in [0.2, 0.25) is 0 Å². The van der Waals surface area contributed by atoms with Crippen LogP contribution in [0.4, 0.5) is 0 Å². The summed E-state index contributed by atoms with van der Waals surface area (Å²) in [4.78, 5) is 10.8. The highest BCUT2D eigenvalue weighted by molar-refractivity contribution is 5.94. The Balaban J connectivity index is 2.77. The number of carboxylic acids is 1. The van der Waals surface area contributed by atoms with Crippen LogP contribution in [0.15, 0.2) is 22.6 Å². The molecule has 1 aromatic heterocycles. The molecule has 2 aromatic rings. The number of rotatable bonds is 1. The van der Waals surface area contributed by atoms with Crippen LogP contribution in [0.1, 0.15) is 21.7 Å². The van der Waals surface area contributed by atoms with Crippen LogP contribution < -0.4 is 0 Å². The molecule has 1 N–H and O–H groups in total. The lowest BCUT2D eigenvalue weighted by Gasteiger charge is -1.97. The van der Waals surface area contributed by atoms with Gasteiger partial charge in [0.15, 0.2) is 0 Å². The Morgan fingerprint density at radius 1 is 1.29 bits per heavy atom. The third kappa shape index (κ3) is 1.27. The first kappa shape index (κ1) is 8.81. The largest absolute Gasteiger partial charge is 0.478 e. The van der Waals surface area contributed by atoms with E-state index >= 15 is 0 Å². The number of carbonyl (C=O) groups is 1. The van der Waals surface area contributed by atoms with Crippen molar-refractivity contribution in [2.45, 2.75) is 13.8 Å². The van der Waals surface area contributed by atoms with Gasteiger partial charge in [-0.05, 0) is 37.6 Å². The van der Waals surface area contributed by atoms with Crippen molar-refractivity contribution in [1.29, 1.82) is 0 Å². The van der Waals surface area contributed by atoms with Crippen molar-refractivity contribution >= 4 is 16.9 Å². The molecule has 3 nitrogen and oxygen atoms in total. The summed E-state index contributed by atoms with van der Waals surface area (Å²) < 4.78 is 5.44. The maximum absolute atomic E-state index is 10.8. The fraction of sp³-hybridized carbons (Fsp3) is 0.182. The van der Waals surface area contributed by atoms with E-state index in [1.807, 2.05) is 19.9 Å². The minimum atomic E-state index is -0.908. The summed E-state index contributed by atoms with van der Waals surface area (Å²) in [6, 6.07) is 5.09. The van der Waals surface area contributed by atoms with Crippen LogP contribution in [0.3, 0.4) is 0 Å². The summed E-state index contributed by atoms with van der Waals surface area (Å²) in [5.74, 6) is -0.112. The smallest absolute Gasteiger partial charge is 0.335 e. The van der Waals surface area contributed by atoms with Gasteiger partial charge in [0.05, 0.1) is 5.56 Å². The van der Waals surface area contributed by atoms with Crippen molar-refractivity contribution in [3.63, 3.8) is 0 Å². The topological polar surface area (TPSA) is 50.4 Å². The summed E-state index contributed by atoms with van der Waals surface area (Å²) >= 11 is 0. The molecule has 0 radical (unpaired) electrons. The predicted molar refractivity (Wildman–Crippen MR) is 52.6 cm³/mol. The number of aryl methyl sites for hydroxylation is 2. The number of aromatic carboxylic acids is 1. The zero-order chi connectivity index (χ0) is 10.3. The van der Waals surface area contributed by atoms with Crippen molar-refractivity contribution in [2.24, 2.45) is 0 Å². The molecule has 0 saturated carbocycles. The number of fused-ring (bicyclic) bond motifs is 1. The summed E-state index contributed by atoms with van der Waals surface area (Å²) in [5, 5.41) is 9.69. The molecule has 0 aliphatic heterocycles. The molecule has 0 saturated heterocycles. The second kappa shape index (κ2) is 2.87. The van der Waals surface area contributed by atoms with Gasteiger partial charge >= 0.3 is 5.97 Å². The Morgan fingerprint density at radius 3 is 2.64 bits per heavy atom. The van der Waals surface area contributed by atoms with Gasteiger partial charge in [-0.3, -0.25) is 0 Å². The monoisotopic (exact) mass is 190 g/mol. The minimum Gasteiger partial charge on any atom is -0.478 e. The van der Waals surface area contributed by atoms with E-state index in [2.05, 4.69) is 0 Å². The van der Waals surface area contributed by atoms with Gasteiger partial charge in [0, 0.05) is 5.39 Å². The van der Waals surface area contributed by atoms with E-state index in [0.29, 0.717) is 5.56 Å². The standard InChI is InChI=1S/C11H10O3/c1-6-3-9(11(12)13)5-8-4-7(2)14-10(6)8/h3-5H,1-2H3,(H,12,13). The average molecular weight is 190 g/mol. The lowest BCUT2D eigenvalue weighted by molar-refractivity contribution is 0.0697. The van der Waals surface area contributed by atoms with E-state index in [4.69, 9.17) is 9.52 Å². The maximum atomic E-state index is 10.8. The molecule has 0 unspecified atom stereocenters. The predicted octanol–water partition coefficient (Wildman–Crippen LogP) is 2.75. The first-order valence-corrected chi connectivity index (χ1v) is 4.32. The molecule has 3 heteroatoms. The third-order valence-corrected chi connectivity index (χ3v) is 2.17. The second-order valence-electron chi connectivity index (χ2n) is 3.37. The molecule has 0 aliphatic rings. The van der Waals surface area contributed by atoms with Gasteiger partial charge in [0.1, 0.15) is 11.3 Å². The van der Waals surface area contributed by atoms with Gasteiger partial charge in [-0.1, -0.05) is 0 Å². The molecule has 2 rings (SSSR count). The van der Waals surface area contributed by atoms with Gasteiger partial charge in [-0.15, -0.1) is 0 Å². The SMILES string of the molecule is Cc1cc2cc(C(=O)O)cc(C)c2o1. The van der Waals surface area contributed by atoms with Crippen LogP contribution in [0.25, 0.3) is 11.0 Å². The van der Waals surface area contributed by atoms with Gasteiger partial charge in [-0.25, -0.2) is 4.79 Å². The second-order valence-corrected chi connectivity index (χ2v) is 3.37. The zero-order valence-corrected chi connectivity index (χ0v) is 8.00. The van der Waals surface area contributed by atoms with E-state index in [1.54, 1.807) is 12.1 Å². The van der Waals surface area contributed by atoms with Crippen LogP contribution in [-0.2, 0) is 0 Å². The van der Waals surface area contributed by atoms with Crippen molar-refractivity contribution in [1.82, 2.24) is 0 Å². The number of benzene rings is 1. The maximum Gasteiger partial charge on any atom is 0.335 e. The van der Waals surface area contributed by atoms with Crippen LogP contribution >= 0.6 is 0 Å². The Labute approximate surface area is 81.0 Å². The van der Waals surface area contributed by atoms with Gasteiger partial charge in [0.2, 0.25) is 0 Å². The van der Waals surface area contributed by atoms with Crippen LogP contribution in [0.5, 0.6) is 0 Å². The number of carboxylic acid groups (broad SMARTS) is 1. The lowest BCUT2D eigenvalue weighted by Crippen LogP contribution is -1.96. The summed E-state index contributed by atoms with van der Waals surface area (Å²) in [6.07, 6.45) is 0. The van der Waals surface area contributed by atoms with Crippen LogP contribution in [-0.4, -0.2) is 11.1 Å². The zero-order valence-electron chi connectivity index (χ0n) is 8.00. The van der Waals surface area contributed by atoms with E-state index in [-0.39, 0.29) is 0 Å². The molecule has 72 valence electrons. The molecule has 1 aromatic carbocycles. The van der Waals surface area contributed by atoms with Crippen molar-refractivity contribution in [2.75, 3.05) is 0 Å². The highest BCUT2D eigenvalue weighted by Crippen LogP contribution is 2.24. The molecular formula is C11H10O3. The number of furan rings is 1. The summed E-state index contributed by atoms with van der Waals surface area (Å²) in [6.45, 7) is 3.69. The van der Waals surface area contributed by atoms with E-state index < -0.39 is 5.97 Å². The molecule has 0 atom stereocenters. The van der Waals surface area contributed by atoms with E-state index in [1.165, 1.54) is 0 Å². The molecule has 0 bridgehead atoms. The van der Waals surface area contributed by atoms with Crippen molar-refractivity contribution < 1.29 is 14.3 Å². The first-order chi connectivity index (χ1) is 6.58. The molecule has 0 fully saturated rings. The quantitative estimate of drug-likeness (QED) is 0.752. The lowest BCUT2D eigenvalue weighted by atomic mass is 10.1. The Morgan fingerprint density at radius 2 is 2.00 bits per heavy atom. The highest BCUT2D eigenvalue weighted by atomic mass is 16.4. The Kier molecular flexibility index (Phi) is 1.81. The van der Waals surface area contributed by atoms with Crippen molar-refractivity contribution in [3.05, 3.63) is 35.1 Å². The number of hydrogen-bond donors (Lipinski definition) is 1. The van der Waals surface area contributed by atoms with Gasteiger partial charge < -0.3 is 9.52 Å². The molecule has 0 amide bonds. The highest BCUT2D eigenvalue weighted by Gasteiger charge is 2.09. The Bertz CT molecular complexity index is 508. The number of hydrogen-bond acceptors (Lipinski definition) is 2.